The first-order valence-corrected chi connectivity index (χ1v) is 6.46. The minimum atomic E-state index is -1.09. The molecule has 0 amide bonds. The summed E-state index contributed by atoms with van der Waals surface area (Å²) in [6, 6.07) is 7.65. The topological polar surface area (TPSA) is 17.1 Å². The van der Waals surface area contributed by atoms with Gasteiger partial charge in [-0.3, -0.25) is 4.79 Å². The lowest BCUT2D eigenvalue weighted by Crippen LogP contribution is -2.07. The van der Waals surface area contributed by atoms with Crippen molar-refractivity contribution in [1.29, 1.82) is 0 Å². The SMILES string of the molecule is Cc1cc(C(=O)c2ccc(C)c(F)c2F)ccc1Br. The van der Waals surface area contributed by atoms with Crippen LogP contribution in [0, 0.1) is 25.5 Å². The zero-order valence-corrected chi connectivity index (χ0v) is 12.0. The number of halogens is 3. The van der Waals surface area contributed by atoms with Gasteiger partial charge in [-0.2, -0.15) is 0 Å². The van der Waals surface area contributed by atoms with E-state index in [0.29, 0.717) is 5.56 Å². The van der Waals surface area contributed by atoms with Crippen molar-refractivity contribution in [2.75, 3.05) is 0 Å². The molecule has 2 rings (SSSR count). The third-order valence-electron chi connectivity index (χ3n) is 2.94. The maximum absolute atomic E-state index is 13.8. The summed E-state index contributed by atoms with van der Waals surface area (Å²) in [5, 5.41) is 0. The van der Waals surface area contributed by atoms with Gasteiger partial charge in [0, 0.05) is 10.0 Å². The van der Waals surface area contributed by atoms with Crippen LogP contribution in [0.15, 0.2) is 34.8 Å². The molecular formula is C15H11BrF2O. The van der Waals surface area contributed by atoms with Gasteiger partial charge in [0.05, 0.1) is 5.56 Å². The first-order chi connectivity index (χ1) is 8.91. The van der Waals surface area contributed by atoms with E-state index in [1.54, 1.807) is 18.2 Å². The molecule has 1 nitrogen and oxygen atoms in total. The van der Waals surface area contributed by atoms with Crippen molar-refractivity contribution in [2.24, 2.45) is 0 Å². The van der Waals surface area contributed by atoms with E-state index in [1.807, 2.05) is 6.92 Å². The first kappa shape index (κ1) is 13.9. The van der Waals surface area contributed by atoms with Crippen LogP contribution in [0.2, 0.25) is 0 Å². The van der Waals surface area contributed by atoms with E-state index in [-0.39, 0.29) is 11.1 Å². The molecule has 0 radical (unpaired) electrons. The molecule has 2 aromatic carbocycles. The summed E-state index contributed by atoms with van der Waals surface area (Å²) in [7, 11) is 0. The fraction of sp³-hybridized carbons (Fsp3) is 0.133. The standard InChI is InChI=1S/C15H11BrF2O/c1-8-3-5-11(14(18)13(8)17)15(19)10-4-6-12(16)9(2)7-10/h3-7H,1-2H3. The van der Waals surface area contributed by atoms with Crippen LogP contribution in [0.25, 0.3) is 0 Å². The van der Waals surface area contributed by atoms with Gasteiger partial charge >= 0.3 is 0 Å². The van der Waals surface area contributed by atoms with Crippen molar-refractivity contribution < 1.29 is 13.6 Å². The molecule has 2 aromatic rings. The van der Waals surface area contributed by atoms with E-state index in [1.165, 1.54) is 19.1 Å². The van der Waals surface area contributed by atoms with Gasteiger partial charge in [-0.25, -0.2) is 8.78 Å². The molecule has 0 aromatic heterocycles. The zero-order valence-electron chi connectivity index (χ0n) is 10.4. The Labute approximate surface area is 118 Å². The maximum Gasteiger partial charge on any atom is 0.196 e. The second kappa shape index (κ2) is 5.21. The molecule has 98 valence electrons. The highest BCUT2D eigenvalue weighted by atomic mass is 79.9. The van der Waals surface area contributed by atoms with Crippen molar-refractivity contribution >= 4 is 21.7 Å². The monoisotopic (exact) mass is 324 g/mol. The molecule has 4 heteroatoms. The van der Waals surface area contributed by atoms with E-state index in [4.69, 9.17) is 0 Å². The fourth-order valence-electron chi connectivity index (χ4n) is 1.76. The van der Waals surface area contributed by atoms with Crippen molar-refractivity contribution in [1.82, 2.24) is 0 Å². The summed E-state index contributed by atoms with van der Waals surface area (Å²) in [6.07, 6.45) is 0. The number of hydrogen-bond donors (Lipinski definition) is 0. The van der Waals surface area contributed by atoms with Crippen LogP contribution in [0.3, 0.4) is 0 Å². The van der Waals surface area contributed by atoms with E-state index < -0.39 is 17.4 Å². The molecule has 0 saturated carbocycles. The predicted molar refractivity (Wildman–Crippen MR) is 73.4 cm³/mol. The molecule has 0 fully saturated rings. The highest BCUT2D eigenvalue weighted by Gasteiger charge is 2.18. The normalized spacial score (nSPS) is 10.6. The zero-order chi connectivity index (χ0) is 14.2. The number of rotatable bonds is 2. The summed E-state index contributed by atoms with van der Waals surface area (Å²) in [6.45, 7) is 3.28. The van der Waals surface area contributed by atoms with Crippen LogP contribution in [0.1, 0.15) is 27.0 Å². The van der Waals surface area contributed by atoms with Crippen molar-refractivity contribution in [3.8, 4) is 0 Å². The summed E-state index contributed by atoms with van der Waals surface area (Å²) in [5.41, 5.74) is 1.13. The summed E-state index contributed by atoms with van der Waals surface area (Å²) in [5.74, 6) is -2.59. The number of carbonyl (C=O) groups is 1. The Kier molecular flexibility index (Phi) is 3.80. The fourth-order valence-corrected chi connectivity index (χ4v) is 2.01. The van der Waals surface area contributed by atoms with Crippen LogP contribution in [0.4, 0.5) is 8.78 Å². The minimum absolute atomic E-state index is 0.182. The molecule has 0 atom stereocenters. The van der Waals surface area contributed by atoms with Crippen LogP contribution in [-0.2, 0) is 0 Å². The molecular weight excluding hydrogens is 314 g/mol. The van der Waals surface area contributed by atoms with Crippen molar-refractivity contribution in [2.45, 2.75) is 13.8 Å². The highest BCUT2D eigenvalue weighted by molar-refractivity contribution is 9.10. The van der Waals surface area contributed by atoms with Crippen LogP contribution in [-0.4, -0.2) is 5.78 Å². The first-order valence-electron chi connectivity index (χ1n) is 5.67. The molecule has 19 heavy (non-hydrogen) atoms. The summed E-state index contributed by atoms with van der Waals surface area (Å²) < 4.78 is 28.1. The Morgan fingerprint density at radius 2 is 1.68 bits per heavy atom. The lowest BCUT2D eigenvalue weighted by molar-refractivity contribution is 0.103. The Hall–Kier alpha value is -1.55. The third kappa shape index (κ3) is 2.59. The second-order valence-electron chi connectivity index (χ2n) is 4.35. The molecule has 0 aliphatic carbocycles. The van der Waals surface area contributed by atoms with Gasteiger partial charge in [0.1, 0.15) is 0 Å². The molecule has 0 bridgehead atoms. The van der Waals surface area contributed by atoms with Crippen molar-refractivity contribution in [3.05, 3.63) is 68.7 Å². The minimum Gasteiger partial charge on any atom is -0.288 e. The highest BCUT2D eigenvalue weighted by Crippen LogP contribution is 2.22. The van der Waals surface area contributed by atoms with Gasteiger partial charge in [-0.05, 0) is 49.2 Å². The molecule has 0 heterocycles. The average molecular weight is 325 g/mol. The molecule has 0 spiro atoms. The van der Waals surface area contributed by atoms with Crippen LogP contribution in [0.5, 0.6) is 0 Å². The second-order valence-corrected chi connectivity index (χ2v) is 5.21. The van der Waals surface area contributed by atoms with Gasteiger partial charge in [0.25, 0.3) is 0 Å². The molecule has 0 saturated heterocycles. The van der Waals surface area contributed by atoms with Crippen molar-refractivity contribution in [3.63, 3.8) is 0 Å². The summed E-state index contributed by atoms with van der Waals surface area (Å²) in [4.78, 5) is 12.2. The maximum atomic E-state index is 13.8. The molecule has 0 N–H and O–H groups in total. The van der Waals surface area contributed by atoms with Gasteiger partial charge in [0.2, 0.25) is 0 Å². The van der Waals surface area contributed by atoms with Gasteiger partial charge < -0.3 is 0 Å². The lowest BCUT2D eigenvalue weighted by atomic mass is 10.00. The Morgan fingerprint density at radius 1 is 1.00 bits per heavy atom. The number of benzene rings is 2. The van der Waals surface area contributed by atoms with E-state index >= 15 is 0 Å². The number of hydrogen-bond acceptors (Lipinski definition) is 1. The number of carbonyl (C=O) groups excluding carboxylic acids is 1. The Balaban J connectivity index is 2.50. The molecule has 0 aliphatic rings. The van der Waals surface area contributed by atoms with Gasteiger partial charge in [-0.15, -0.1) is 0 Å². The van der Waals surface area contributed by atoms with Crippen LogP contribution >= 0.6 is 15.9 Å². The quantitative estimate of drug-likeness (QED) is 0.739. The third-order valence-corrected chi connectivity index (χ3v) is 3.83. The number of ketones is 1. The Bertz CT molecular complexity index is 665. The lowest BCUT2D eigenvalue weighted by Gasteiger charge is -2.07. The smallest absolute Gasteiger partial charge is 0.196 e. The number of aryl methyl sites for hydroxylation is 2. The predicted octanol–water partition coefficient (Wildman–Crippen LogP) is 4.58. The summed E-state index contributed by atoms with van der Waals surface area (Å²) >= 11 is 3.32. The molecule has 0 unspecified atom stereocenters. The average Bonchev–Trinajstić information content (AvgIpc) is 2.39. The Morgan fingerprint density at radius 3 is 2.32 bits per heavy atom. The van der Waals surface area contributed by atoms with Gasteiger partial charge in [-0.1, -0.05) is 22.0 Å². The van der Waals surface area contributed by atoms with E-state index in [0.717, 1.165) is 10.0 Å². The van der Waals surface area contributed by atoms with E-state index in [9.17, 15) is 13.6 Å². The van der Waals surface area contributed by atoms with Crippen LogP contribution < -0.4 is 0 Å². The van der Waals surface area contributed by atoms with E-state index in [2.05, 4.69) is 15.9 Å². The molecule has 0 aliphatic heterocycles. The largest absolute Gasteiger partial charge is 0.288 e. The van der Waals surface area contributed by atoms with Gasteiger partial charge in [0.15, 0.2) is 17.4 Å².